The van der Waals surface area contributed by atoms with Gasteiger partial charge in [-0.1, -0.05) is 210 Å². The van der Waals surface area contributed by atoms with Gasteiger partial charge in [-0.3, -0.25) is 9.59 Å². The van der Waals surface area contributed by atoms with E-state index in [9.17, 15) is 19.8 Å². The van der Waals surface area contributed by atoms with Crippen molar-refractivity contribution < 1.29 is 24.5 Å². The topological polar surface area (TPSA) is 95.9 Å². The van der Waals surface area contributed by atoms with Gasteiger partial charge in [0.2, 0.25) is 5.91 Å². The first-order chi connectivity index (χ1) is 28.0. The summed E-state index contributed by atoms with van der Waals surface area (Å²) in [7, 11) is 0. The zero-order valence-electron chi connectivity index (χ0n) is 37.5. The summed E-state index contributed by atoms with van der Waals surface area (Å²) in [5, 5.41) is 23.7. The standard InChI is InChI=1S/C51H91NO5/c1-4-7-10-13-16-19-22-24-25-26-29-32-35-38-41-44-51(56)57-47(42-39-36-33-30-27-21-18-15-12-9-6-3)45-50(55)52-48(46-53)49(54)43-40-37-34-31-28-23-20-17-14-11-8-5-2/h7,10,13,16,19,22,24-25,30,33,47-49,53-54H,4-6,8-9,11-12,14-15,17-18,20-21,23,26-29,31-32,34-46H2,1-3H3,(H,52,55)/b10-7+,16-13+,22-19+,25-24-,33-30-. The number of aliphatic hydroxyl groups excluding tert-OH is 2. The lowest BCUT2D eigenvalue weighted by Crippen LogP contribution is -2.46. The van der Waals surface area contributed by atoms with E-state index in [2.05, 4.69) is 68.6 Å². The summed E-state index contributed by atoms with van der Waals surface area (Å²) in [6, 6.07) is -0.714. The van der Waals surface area contributed by atoms with Gasteiger partial charge in [0.1, 0.15) is 6.10 Å². The second-order valence-corrected chi connectivity index (χ2v) is 16.2. The van der Waals surface area contributed by atoms with Gasteiger partial charge < -0.3 is 20.3 Å². The summed E-state index contributed by atoms with van der Waals surface area (Å²) in [4.78, 5) is 26.0. The van der Waals surface area contributed by atoms with Crippen LogP contribution in [0.4, 0.5) is 0 Å². The van der Waals surface area contributed by atoms with Crippen molar-refractivity contribution in [2.75, 3.05) is 6.61 Å². The number of esters is 1. The second kappa shape index (κ2) is 44.7. The minimum atomic E-state index is -0.798. The number of unbranched alkanes of at least 4 members (excludes halogenated alkanes) is 23. The molecular formula is C51H91NO5. The lowest BCUT2D eigenvalue weighted by Gasteiger charge is -2.24. The molecule has 0 spiro atoms. The Hall–Kier alpha value is -2.44. The molecule has 330 valence electrons. The van der Waals surface area contributed by atoms with Crippen molar-refractivity contribution in [3.05, 3.63) is 60.8 Å². The van der Waals surface area contributed by atoms with E-state index in [1.165, 1.54) is 96.3 Å². The Kier molecular flexibility index (Phi) is 42.7. The van der Waals surface area contributed by atoms with E-state index >= 15 is 0 Å². The first-order valence-corrected chi connectivity index (χ1v) is 24.1. The summed E-state index contributed by atoms with van der Waals surface area (Å²) >= 11 is 0. The summed E-state index contributed by atoms with van der Waals surface area (Å²) in [5.74, 6) is -0.532. The van der Waals surface area contributed by atoms with Crippen molar-refractivity contribution in [3.63, 3.8) is 0 Å². The maximum atomic E-state index is 13.1. The molecule has 0 aromatic rings. The number of rotatable bonds is 42. The molecule has 3 unspecified atom stereocenters. The predicted octanol–water partition coefficient (Wildman–Crippen LogP) is 14.1. The average Bonchev–Trinajstić information content (AvgIpc) is 3.20. The summed E-state index contributed by atoms with van der Waals surface area (Å²) in [6.45, 7) is 6.31. The molecule has 0 radical (unpaired) electrons. The molecule has 0 bridgehead atoms. The predicted molar refractivity (Wildman–Crippen MR) is 245 cm³/mol. The third-order valence-corrected chi connectivity index (χ3v) is 10.7. The van der Waals surface area contributed by atoms with E-state index in [0.717, 1.165) is 83.5 Å². The lowest BCUT2D eigenvalue weighted by molar-refractivity contribution is -0.151. The average molecular weight is 798 g/mol. The number of hydrogen-bond acceptors (Lipinski definition) is 5. The Bertz CT molecular complexity index is 1030. The normalized spacial score (nSPS) is 13.8. The van der Waals surface area contributed by atoms with Gasteiger partial charge in [0.15, 0.2) is 0 Å². The van der Waals surface area contributed by atoms with Gasteiger partial charge in [-0.15, -0.1) is 0 Å². The number of amides is 1. The number of carbonyl (C=O) groups is 2. The van der Waals surface area contributed by atoms with Crippen LogP contribution in [0, 0.1) is 0 Å². The zero-order chi connectivity index (χ0) is 41.7. The monoisotopic (exact) mass is 798 g/mol. The van der Waals surface area contributed by atoms with Gasteiger partial charge in [-0.25, -0.2) is 0 Å². The highest BCUT2D eigenvalue weighted by Crippen LogP contribution is 2.17. The molecule has 1 amide bonds. The van der Waals surface area contributed by atoms with E-state index in [-0.39, 0.29) is 24.9 Å². The molecule has 0 saturated carbocycles. The van der Waals surface area contributed by atoms with Crippen LogP contribution < -0.4 is 5.32 Å². The van der Waals surface area contributed by atoms with Crippen LogP contribution in [0.5, 0.6) is 0 Å². The Labute approximate surface area is 352 Å². The van der Waals surface area contributed by atoms with E-state index in [1.807, 2.05) is 18.2 Å². The molecule has 0 heterocycles. The zero-order valence-corrected chi connectivity index (χ0v) is 37.5. The molecule has 0 aromatic carbocycles. The lowest BCUT2D eigenvalue weighted by atomic mass is 10.0. The van der Waals surface area contributed by atoms with E-state index in [0.29, 0.717) is 19.3 Å². The number of aliphatic hydroxyl groups is 2. The van der Waals surface area contributed by atoms with E-state index in [1.54, 1.807) is 0 Å². The molecule has 0 aromatic heterocycles. The minimum Gasteiger partial charge on any atom is -0.462 e. The summed E-state index contributed by atoms with van der Waals surface area (Å²) in [6.07, 6.45) is 54.2. The molecule has 0 aliphatic carbocycles. The van der Waals surface area contributed by atoms with Crippen LogP contribution in [0.15, 0.2) is 60.8 Å². The number of carbonyl (C=O) groups excluding carboxylic acids is 2. The van der Waals surface area contributed by atoms with Crippen molar-refractivity contribution in [1.82, 2.24) is 5.32 Å². The van der Waals surface area contributed by atoms with Crippen LogP contribution in [-0.4, -0.2) is 46.9 Å². The van der Waals surface area contributed by atoms with Crippen LogP contribution in [0.2, 0.25) is 0 Å². The van der Waals surface area contributed by atoms with Crippen molar-refractivity contribution in [1.29, 1.82) is 0 Å². The number of nitrogens with one attached hydrogen (secondary N) is 1. The smallest absolute Gasteiger partial charge is 0.306 e. The molecule has 57 heavy (non-hydrogen) atoms. The molecule has 0 aliphatic heterocycles. The Morgan fingerprint density at radius 2 is 0.982 bits per heavy atom. The maximum absolute atomic E-state index is 13.1. The molecule has 0 fully saturated rings. The van der Waals surface area contributed by atoms with Crippen molar-refractivity contribution in [2.45, 2.75) is 244 Å². The number of hydrogen-bond donors (Lipinski definition) is 3. The van der Waals surface area contributed by atoms with Crippen LogP contribution >= 0.6 is 0 Å². The fourth-order valence-electron chi connectivity index (χ4n) is 7.03. The van der Waals surface area contributed by atoms with Crippen molar-refractivity contribution in [3.8, 4) is 0 Å². The third kappa shape index (κ3) is 40.1. The fraction of sp³-hybridized carbons (Fsp3) is 0.765. The molecule has 6 heteroatoms. The SMILES string of the molecule is CC/C=C/C=C/C=C/C=C\CCCCCCCC(=O)OC(CCC/C=C\CCCCCCCC)CC(=O)NC(CO)C(O)CCCCCCCCCCCCCC. The largest absolute Gasteiger partial charge is 0.462 e. The van der Waals surface area contributed by atoms with E-state index in [4.69, 9.17) is 4.74 Å². The van der Waals surface area contributed by atoms with Crippen molar-refractivity contribution in [2.24, 2.45) is 0 Å². The van der Waals surface area contributed by atoms with E-state index < -0.39 is 18.2 Å². The summed E-state index contributed by atoms with van der Waals surface area (Å²) < 4.78 is 5.88. The van der Waals surface area contributed by atoms with Crippen LogP contribution in [0.3, 0.4) is 0 Å². The molecule has 0 saturated heterocycles. The Morgan fingerprint density at radius 3 is 1.53 bits per heavy atom. The van der Waals surface area contributed by atoms with Crippen LogP contribution in [0.25, 0.3) is 0 Å². The fourth-order valence-corrected chi connectivity index (χ4v) is 7.03. The maximum Gasteiger partial charge on any atom is 0.306 e. The van der Waals surface area contributed by atoms with Gasteiger partial charge in [0.05, 0.1) is 25.2 Å². The quantitative estimate of drug-likeness (QED) is 0.0247. The first-order valence-electron chi connectivity index (χ1n) is 24.1. The molecule has 0 aliphatic rings. The molecule has 3 atom stereocenters. The van der Waals surface area contributed by atoms with Gasteiger partial charge in [0.25, 0.3) is 0 Å². The highest BCUT2D eigenvalue weighted by atomic mass is 16.5. The number of allylic oxidation sites excluding steroid dienone is 10. The van der Waals surface area contributed by atoms with Gasteiger partial charge in [-0.05, 0) is 64.2 Å². The third-order valence-electron chi connectivity index (χ3n) is 10.7. The van der Waals surface area contributed by atoms with Gasteiger partial charge >= 0.3 is 5.97 Å². The number of ether oxygens (including phenoxy) is 1. The van der Waals surface area contributed by atoms with Gasteiger partial charge in [-0.2, -0.15) is 0 Å². The molecule has 3 N–H and O–H groups in total. The van der Waals surface area contributed by atoms with Crippen LogP contribution in [0.1, 0.15) is 226 Å². The highest BCUT2D eigenvalue weighted by molar-refractivity contribution is 5.77. The summed E-state index contributed by atoms with van der Waals surface area (Å²) in [5.41, 5.74) is 0. The van der Waals surface area contributed by atoms with Gasteiger partial charge in [0, 0.05) is 6.42 Å². The molecule has 0 rings (SSSR count). The molecule has 6 nitrogen and oxygen atoms in total. The van der Waals surface area contributed by atoms with Crippen LogP contribution in [-0.2, 0) is 14.3 Å². The van der Waals surface area contributed by atoms with Crippen molar-refractivity contribution >= 4 is 11.9 Å². The second-order valence-electron chi connectivity index (χ2n) is 16.2. The Balaban J connectivity index is 4.63. The minimum absolute atomic E-state index is 0.0456. The Morgan fingerprint density at radius 1 is 0.526 bits per heavy atom. The first kappa shape index (κ1) is 54.6. The highest BCUT2D eigenvalue weighted by Gasteiger charge is 2.24. The molecular weight excluding hydrogens is 707 g/mol.